The molecule has 0 aliphatic rings. The number of hydrogen-bond acceptors (Lipinski definition) is 5. The standard InChI is InChI=1S/C22H18N4O5/c1-14-6-2-3-7-17(14)21(28)23-16-12-10-15(11-13-16)20(27)24-25-22(29)18-8-4-5-9-19(18)26(30)31/h2-13H,1H3,(H,23,28)(H,24,27)(H,25,29). The van der Waals surface area contributed by atoms with Crippen molar-refractivity contribution in [3.05, 3.63) is 105 Å². The van der Waals surface area contributed by atoms with E-state index in [2.05, 4.69) is 16.2 Å². The van der Waals surface area contributed by atoms with Gasteiger partial charge in [-0.25, -0.2) is 0 Å². The monoisotopic (exact) mass is 418 g/mol. The summed E-state index contributed by atoms with van der Waals surface area (Å²) in [7, 11) is 0. The summed E-state index contributed by atoms with van der Waals surface area (Å²) in [6.07, 6.45) is 0. The van der Waals surface area contributed by atoms with Crippen LogP contribution in [0.1, 0.15) is 36.6 Å². The highest BCUT2D eigenvalue weighted by Crippen LogP contribution is 2.17. The molecule has 0 aliphatic heterocycles. The first kappa shape index (κ1) is 21.2. The van der Waals surface area contributed by atoms with Crippen molar-refractivity contribution in [2.24, 2.45) is 0 Å². The summed E-state index contributed by atoms with van der Waals surface area (Å²) in [6, 6.07) is 18.6. The Morgan fingerprint density at radius 2 is 1.32 bits per heavy atom. The van der Waals surface area contributed by atoms with Gasteiger partial charge in [0.1, 0.15) is 5.56 Å². The Hall–Kier alpha value is -4.53. The average Bonchev–Trinajstić information content (AvgIpc) is 2.78. The lowest BCUT2D eigenvalue weighted by Gasteiger charge is -2.10. The maximum atomic E-state index is 12.4. The van der Waals surface area contributed by atoms with Crippen molar-refractivity contribution in [2.75, 3.05) is 5.32 Å². The molecule has 3 aromatic rings. The van der Waals surface area contributed by atoms with Gasteiger partial charge in [-0.2, -0.15) is 0 Å². The number of amides is 3. The van der Waals surface area contributed by atoms with E-state index in [4.69, 9.17) is 0 Å². The highest BCUT2D eigenvalue weighted by Gasteiger charge is 2.19. The predicted molar refractivity (Wildman–Crippen MR) is 114 cm³/mol. The molecule has 156 valence electrons. The van der Waals surface area contributed by atoms with Crippen LogP contribution < -0.4 is 16.2 Å². The Kier molecular flexibility index (Phi) is 6.36. The van der Waals surface area contributed by atoms with Crippen LogP contribution >= 0.6 is 0 Å². The summed E-state index contributed by atoms with van der Waals surface area (Å²) < 4.78 is 0. The molecule has 3 amide bonds. The van der Waals surface area contributed by atoms with Crippen LogP contribution in [0, 0.1) is 17.0 Å². The summed E-state index contributed by atoms with van der Waals surface area (Å²) in [5.74, 6) is -1.71. The Bertz CT molecular complexity index is 1160. The van der Waals surface area contributed by atoms with E-state index in [0.29, 0.717) is 11.3 Å². The number of aryl methyl sites for hydroxylation is 1. The molecule has 0 spiro atoms. The topological polar surface area (TPSA) is 130 Å². The lowest BCUT2D eigenvalue weighted by molar-refractivity contribution is -0.385. The third-order valence-corrected chi connectivity index (χ3v) is 4.43. The number of anilines is 1. The number of para-hydroxylation sites is 1. The molecule has 9 heteroatoms. The third kappa shape index (κ3) is 5.10. The van der Waals surface area contributed by atoms with Gasteiger partial charge >= 0.3 is 0 Å². The van der Waals surface area contributed by atoms with Crippen LogP contribution in [0.5, 0.6) is 0 Å². The van der Waals surface area contributed by atoms with Crippen LogP contribution in [0.3, 0.4) is 0 Å². The van der Waals surface area contributed by atoms with Crippen LogP contribution in [-0.2, 0) is 0 Å². The highest BCUT2D eigenvalue weighted by atomic mass is 16.6. The van der Waals surface area contributed by atoms with Gasteiger partial charge in [0.05, 0.1) is 4.92 Å². The number of hydrazine groups is 1. The summed E-state index contributed by atoms with van der Waals surface area (Å²) in [5.41, 5.74) is 5.91. The molecule has 9 nitrogen and oxygen atoms in total. The van der Waals surface area contributed by atoms with Gasteiger partial charge in [0.2, 0.25) is 0 Å². The normalized spacial score (nSPS) is 10.1. The number of nitro benzene ring substituents is 1. The molecule has 0 bridgehead atoms. The lowest BCUT2D eigenvalue weighted by Crippen LogP contribution is -2.41. The van der Waals surface area contributed by atoms with E-state index in [0.717, 1.165) is 5.56 Å². The minimum atomic E-state index is -0.817. The molecule has 0 atom stereocenters. The summed E-state index contributed by atoms with van der Waals surface area (Å²) in [6.45, 7) is 1.83. The first-order chi connectivity index (χ1) is 14.9. The molecular formula is C22H18N4O5. The molecule has 3 rings (SSSR count). The molecule has 0 saturated heterocycles. The zero-order valence-corrected chi connectivity index (χ0v) is 16.4. The van der Waals surface area contributed by atoms with Crippen molar-refractivity contribution in [3.8, 4) is 0 Å². The second-order valence-corrected chi connectivity index (χ2v) is 6.53. The van der Waals surface area contributed by atoms with Crippen molar-refractivity contribution in [2.45, 2.75) is 6.92 Å². The number of rotatable bonds is 5. The predicted octanol–water partition coefficient (Wildman–Crippen LogP) is 3.23. The molecule has 3 N–H and O–H groups in total. The fourth-order valence-corrected chi connectivity index (χ4v) is 2.81. The quantitative estimate of drug-likeness (QED) is 0.433. The van der Waals surface area contributed by atoms with Crippen LogP contribution in [0.25, 0.3) is 0 Å². The van der Waals surface area contributed by atoms with Crippen molar-refractivity contribution < 1.29 is 19.3 Å². The number of carbonyl (C=O) groups is 3. The lowest BCUT2D eigenvalue weighted by atomic mass is 10.1. The Morgan fingerprint density at radius 1 is 0.742 bits per heavy atom. The van der Waals surface area contributed by atoms with Gasteiger partial charge in [0.15, 0.2) is 0 Å². The van der Waals surface area contributed by atoms with E-state index in [9.17, 15) is 24.5 Å². The van der Waals surface area contributed by atoms with Crippen molar-refractivity contribution >= 4 is 29.1 Å². The summed E-state index contributed by atoms with van der Waals surface area (Å²) in [4.78, 5) is 47.1. The molecule has 0 unspecified atom stereocenters. The SMILES string of the molecule is Cc1ccccc1C(=O)Nc1ccc(C(=O)NNC(=O)c2ccccc2[N+](=O)[O-])cc1. The van der Waals surface area contributed by atoms with Crippen molar-refractivity contribution in [3.63, 3.8) is 0 Å². The molecule has 31 heavy (non-hydrogen) atoms. The maximum Gasteiger partial charge on any atom is 0.282 e. The van der Waals surface area contributed by atoms with Gasteiger partial charge in [-0.15, -0.1) is 0 Å². The van der Waals surface area contributed by atoms with Gasteiger partial charge in [0, 0.05) is 22.9 Å². The molecule has 0 heterocycles. The first-order valence-corrected chi connectivity index (χ1v) is 9.18. The minimum Gasteiger partial charge on any atom is -0.322 e. The number of benzene rings is 3. The largest absolute Gasteiger partial charge is 0.322 e. The first-order valence-electron chi connectivity index (χ1n) is 9.18. The summed E-state index contributed by atoms with van der Waals surface area (Å²) in [5, 5.41) is 13.8. The average molecular weight is 418 g/mol. The van der Waals surface area contributed by atoms with Gasteiger partial charge < -0.3 is 5.32 Å². The van der Waals surface area contributed by atoms with E-state index in [1.807, 2.05) is 19.1 Å². The number of nitro groups is 1. The van der Waals surface area contributed by atoms with Gasteiger partial charge in [-0.1, -0.05) is 30.3 Å². The fourth-order valence-electron chi connectivity index (χ4n) is 2.81. The highest BCUT2D eigenvalue weighted by molar-refractivity contribution is 6.05. The van der Waals surface area contributed by atoms with Crippen LogP contribution in [0.4, 0.5) is 11.4 Å². The van der Waals surface area contributed by atoms with Gasteiger partial charge in [0.25, 0.3) is 23.4 Å². The van der Waals surface area contributed by atoms with E-state index < -0.39 is 16.7 Å². The van der Waals surface area contributed by atoms with E-state index >= 15 is 0 Å². The van der Waals surface area contributed by atoms with Crippen molar-refractivity contribution in [1.82, 2.24) is 10.9 Å². The fraction of sp³-hybridized carbons (Fsp3) is 0.0455. The molecule has 0 aliphatic carbocycles. The molecule has 3 aromatic carbocycles. The van der Waals surface area contributed by atoms with Crippen LogP contribution in [0.2, 0.25) is 0 Å². The zero-order chi connectivity index (χ0) is 22.4. The smallest absolute Gasteiger partial charge is 0.282 e. The third-order valence-electron chi connectivity index (χ3n) is 4.43. The molecule has 0 saturated carbocycles. The number of nitrogens with one attached hydrogen (secondary N) is 3. The van der Waals surface area contributed by atoms with E-state index in [1.165, 1.54) is 36.4 Å². The summed E-state index contributed by atoms with van der Waals surface area (Å²) >= 11 is 0. The minimum absolute atomic E-state index is 0.179. The number of nitrogens with zero attached hydrogens (tertiary/aromatic N) is 1. The molecule has 0 radical (unpaired) electrons. The van der Waals surface area contributed by atoms with Gasteiger partial charge in [-0.3, -0.25) is 35.3 Å². The Morgan fingerprint density at radius 3 is 1.97 bits per heavy atom. The maximum absolute atomic E-state index is 12.4. The number of hydrogen-bond donors (Lipinski definition) is 3. The second-order valence-electron chi connectivity index (χ2n) is 6.53. The van der Waals surface area contributed by atoms with E-state index in [-0.39, 0.29) is 22.7 Å². The number of carbonyl (C=O) groups excluding carboxylic acids is 3. The van der Waals surface area contributed by atoms with Crippen LogP contribution in [-0.4, -0.2) is 22.6 Å². The van der Waals surface area contributed by atoms with Crippen molar-refractivity contribution in [1.29, 1.82) is 0 Å². The van der Waals surface area contributed by atoms with E-state index in [1.54, 1.807) is 24.3 Å². The van der Waals surface area contributed by atoms with Crippen LogP contribution in [0.15, 0.2) is 72.8 Å². The Balaban J connectivity index is 1.61. The Labute approximate surface area is 177 Å². The molecule has 0 aromatic heterocycles. The zero-order valence-electron chi connectivity index (χ0n) is 16.4. The van der Waals surface area contributed by atoms with Gasteiger partial charge in [-0.05, 0) is 48.9 Å². The second kappa shape index (κ2) is 9.31. The molecule has 0 fully saturated rings. The molecular weight excluding hydrogens is 400 g/mol.